The molecule has 2 nitrogen and oxygen atoms in total. The lowest BCUT2D eigenvalue weighted by molar-refractivity contribution is -0.208. The summed E-state index contributed by atoms with van der Waals surface area (Å²) in [6.07, 6.45) is 1.25. The molecule has 3 aliphatic rings. The van der Waals surface area contributed by atoms with Crippen LogP contribution in [-0.4, -0.2) is 23.8 Å². The van der Waals surface area contributed by atoms with Crippen molar-refractivity contribution in [3.05, 3.63) is 0 Å². The first-order valence-electron chi connectivity index (χ1n) is 5.92. The first-order valence-corrected chi connectivity index (χ1v) is 6.83. The molecule has 2 saturated carbocycles. The molecule has 2 aliphatic carbocycles. The Morgan fingerprint density at radius 3 is 2.27 bits per heavy atom. The van der Waals surface area contributed by atoms with E-state index in [-0.39, 0.29) is 5.79 Å². The molecule has 0 aromatic rings. The molecule has 2 bridgehead atoms. The number of fused-ring (bicyclic) bond motifs is 3. The Morgan fingerprint density at radius 2 is 1.73 bits per heavy atom. The van der Waals surface area contributed by atoms with Gasteiger partial charge >= 0.3 is 0 Å². The quantitative estimate of drug-likeness (QED) is 0.633. The van der Waals surface area contributed by atoms with E-state index in [0.717, 1.165) is 13.2 Å². The third kappa shape index (κ3) is 1.07. The number of alkyl halides is 1. The molecule has 3 heteroatoms. The van der Waals surface area contributed by atoms with Gasteiger partial charge < -0.3 is 9.47 Å². The molecule has 15 heavy (non-hydrogen) atoms. The Hall–Kier alpha value is 0.400. The maximum absolute atomic E-state index is 5.94. The van der Waals surface area contributed by atoms with Gasteiger partial charge in [0.2, 0.25) is 0 Å². The topological polar surface area (TPSA) is 18.5 Å². The van der Waals surface area contributed by atoms with Crippen molar-refractivity contribution in [2.75, 3.05) is 13.2 Å². The monoisotopic (exact) mass is 274 g/mol. The fraction of sp³-hybridized carbons (Fsp3) is 1.00. The highest BCUT2D eigenvalue weighted by molar-refractivity contribution is 9.09. The minimum atomic E-state index is -0.292. The lowest BCUT2D eigenvalue weighted by Crippen LogP contribution is -2.53. The van der Waals surface area contributed by atoms with Crippen LogP contribution in [0.25, 0.3) is 0 Å². The van der Waals surface area contributed by atoms with Crippen molar-refractivity contribution in [1.29, 1.82) is 0 Å². The van der Waals surface area contributed by atoms with Crippen LogP contribution in [0.1, 0.15) is 27.2 Å². The van der Waals surface area contributed by atoms with Crippen molar-refractivity contribution >= 4 is 15.9 Å². The molecule has 86 valence electrons. The lowest BCUT2D eigenvalue weighted by atomic mass is 9.67. The maximum Gasteiger partial charge on any atom is 0.184 e. The van der Waals surface area contributed by atoms with E-state index in [1.54, 1.807) is 0 Å². The van der Waals surface area contributed by atoms with Crippen molar-refractivity contribution in [1.82, 2.24) is 0 Å². The van der Waals surface area contributed by atoms with Crippen molar-refractivity contribution in [2.45, 2.75) is 37.8 Å². The van der Waals surface area contributed by atoms with Crippen LogP contribution >= 0.6 is 15.9 Å². The molecule has 3 rings (SSSR count). The molecule has 1 saturated heterocycles. The van der Waals surface area contributed by atoms with Crippen molar-refractivity contribution in [3.63, 3.8) is 0 Å². The minimum absolute atomic E-state index is 0.292. The normalized spacial score (nSPS) is 50.4. The van der Waals surface area contributed by atoms with Crippen LogP contribution in [0.15, 0.2) is 0 Å². The second-order valence-corrected chi connectivity index (χ2v) is 6.87. The predicted molar refractivity (Wildman–Crippen MR) is 61.9 cm³/mol. The predicted octanol–water partition coefficient (Wildman–Crippen LogP) is 2.81. The molecule has 0 amide bonds. The van der Waals surface area contributed by atoms with Gasteiger partial charge in [0.15, 0.2) is 5.79 Å². The van der Waals surface area contributed by atoms with Gasteiger partial charge in [-0.3, -0.25) is 0 Å². The Morgan fingerprint density at radius 1 is 1.13 bits per heavy atom. The fourth-order valence-electron chi connectivity index (χ4n) is 3.95. The zero-order valence-electron chi connectivity index (χ0n) is 9.63. The maximum atomic E-state index is 5.94. The van der Waals surface area contributed by atoms with Gasteiger partial charge in [0, 0.05) is 5.92 Å². The molecule has 1 heterocycles. The SMILES string of the molecule is C[C@@H]1[C@@H]2C[C@H]([C@H](Br)C23OCCO3)C1(C)C. The van der Waals surface area contributed by atoms with Crippen LogP contribution in [0, 0.1) is 23.2 Å². The van der Waals surface area contributed by atoms with Crippen LogP contribution in [-0.2, 0) is 9.47 Å². The van der Waals surface area contributed by atoms with E-state index in [9.17, 15) is 0 Å². The standard InChI is InChI=1S/C12H19BrO2/c1-7-8-6-9(11(7,2)3)10(13)12(8)14-4-5-15-12/h7-10H,4-6H2,1-3H3/t7-,8+,9-,10+/m1/s1. The van der Waals surface area contributed by atoms with Gasteiger partial charge in [-0.25, -0.2) is 0 Å². The van der Waals surface area contributed by atoms with Crippen molar-refractivity contribution in [3.8, 4) is 0 Å². The summed E-state index contributed by atoms with van der Waals surface area (Å²) in [5.74, 6) is 1.66. The molecule has 0 N–H and O–H groups in total. The van der Waals surface area contributed by atoms with Gasteiger partial charge in [-0.1, -0.05) is 36.7 Å². The molecule has 1 aliphatic heterocycles. The summed E-state index contributed by atoms with van der Waals surface area (Å²) in [7, 11) is 0. The second-order valence-electron chi connectivity index (χ2n) is 5.88. The second kappa shape index (κ2) is 2.99. The summed E-state index contributed by atoms with van der Waals surface area (Å²) in [6.45, 7) is 8.66. The molecule has 1 spiro atoms. The number of rotatable bonds is 0. The van der Waals surface area contributed by atoms with E-state index in [1.807, 2.05) is 0 Å². The van der Waals surface area contributed by atoms with Gasteiger partial charge in [0.1, 0.15) is 0 Å². The zero-order valence-corrected chi connectivity index (χ0v) is 11.2. The van der Waals surface area contributed by atoms with E-state index < -0.39 is 0 Å². The zero-order chi connectivity index (χ0) is 10.8. The highest BCUT2D eigenvalue weighted by atomic mass is 79.9. The summed E-state index contributed by atoms with van der Waals surface area (Å²) in [5.41, 5.74) is 0.416. The summed E-state index contributed by atoms with van der Waals surface area (Å²) in [5, 5.41) is 0. The Kier molecular flexibility index (Phi) is 2.10. The molecule has 0 aromatic heterocycles. The molecular weight excluding hydrogens is 256 g/mol. The van der Waals surface area contributed by atoms with Gasteiger partial charge in [-0.15, -0.1) is 0 Å². The van der Waals surface area contributed by atoms with E-state index >= 15 is 0 Å². The summed E-state index contributed by atoms with van der Waals surface area (Å²) in [4.78, 5) is 0.378. The van der Waals surface area contributed by atoms with Gasteiger partial charge in [-0.2, -0.15) is 0 Å². The number of hydrogen-bond acceptors (Lipinski definition) is 2. The van der Waals surface area contributed by atoms with Gasteiger partial charge in [0.25, 0.3) is 0 Å². The number of hydrogen-bond donors (Lipinski definition) is 0. The average molecular weight is 275 g/mol. The molecular formula is C12H19BrO2. The fourth-order valence-corrected chi connectivity index (χ4v) is 5.45. The number of halogens is 1. The van der Waals surface area contributed by atoms with Crippen LogP contribution in [0.3, 0.4) is 0 Å². The Balaban J connectivity index is 1.99. The van der Waals surface area contributed by atoms with E-state index in [0.29, 0.717) is 28.0 Å². The third-order valence-electron chi connectivity index (χ3n) is 5.23. The Bertz CT molecular complexity index is 283. The molecule has 0 radical (unpaired) electrons. The number of ether oxygens (including phenoxy) is 2. The highest BCUT2D eigenvalue weighted by Crippen LogP contribution is 2.66. The first-order chi connectivity index (χ1) is 7.00. The van der Waals surface area contributed by atoms with Gasteiger partial charge in [-0.05, 0) is 23.7 Å². The Labute approximate surface area is 99.8 Å². The van der Waals surface area contributed by atoms with Gasteiger partial charge in [0.05, 0.1) is 18.0 Å². The van der Waals surface area contributed by atoms with Crippen LogP contribution in [0.5, 0.6) is 0 Å². The smallest absolute Gasteiger partial charge is 0.184 e. The molecule has 0 aromatic carbocycles. The van der Waals surface area contributed by atoms with E-state index in [4.69, 9.17) is 9.47 Å². The molecule has 0 unspecified atom stereocenters. The lowest BCUT2D eigenvalue weighted by Gasteiger charge is -2.47. The van der Waals surface area contributed by atoms with Crippen molar-refractivity contribution < 1.29 is 9.47 Å². The third-order valence-corrected chi connectivity index (χ3v) is 6.51. The highest BCUT2D eigenvalue weighted by Gasteiger charge is 2.69. The largest absolute Gasteiger partial charge is 0.346 e. The molecule has 3 fully saturated rings. The average Bonchev–Trinajstić information content (AvgIpc) is 2.80. The van der Waals surface area contributed by atoms with Crippen molar-refractivity contribution in [2.24, 2.45) is 23.2 Å². The van der Waals surface area contributed by atoms with Crippen LogP contribution < -0.4 is 0 Å². The van der Waals surface area contributed by atoms with Crippen LogP contribution in [0.4, 0.5) is 0 Å². The van der Waals surface area contributed by atoms with E-state index in [2.05, 4.69) is 36.7 Å². The summed E-state index contributed by atoms with van der Waals surface area (Å²) in [6, 6.07) is 0. The van der Waals surface area contributed by atoms with E-state index in [1.165, 1.54) is 6.42 Å². The first kappa shape index (κ1) is 10.5. The van der Waals surface area contributed by atoms with Crippen LogP contribution in [0.2, 0.25) is 0 Å². The summed E-state index contributed by atoms with van der Waals surface area (Å²) >= 11 is 3.83. The molecule has 4 atom stereocenters. The summed E-state index contributed by atoms with van der Waals surface area (Å²) < 4.78 is 11.9. The minimum Gasteiger partial charge on any atom is -0.346 e.